The van der Waals surface area contributed by atoms with Crippen LogP contribution in [-0.4, -0.2) is 17.1 Å². The molecule has 0 radical (unpaired) electrons. The average Bonchev–Trinajstić information content (AvgIpc) is 2.66. The SMILES string of the molecule is COc1ccc2c(c1)Cc1cnc(N)nc1-2. The normalized spacial score (nSPS) is 12.1. The van der Waals surface area contributed by atoms with Crippen LogP contribution in [0.5, 0.6) is 5.75 Å². The van der Waals surface area contributed by atoms with Crippen molar-refractivity contribution < 1.29 is 4.74 Å². The van der Waals surface area contributed by atoms with Gasteiger partial charge in [0, 0.05) is 23.7 Å². The lowest BCUT2D eigenvalue weighted by Gasteiger charge is -2.03. The largest absolute Gasteiger partial charge is 0.497 e. The van der Waals surface area contributed by atoms with E-state index in [1.54, 1.807) is 13.3 Å². The predicted octanol–water partition coefficient (Wildman–Crippen LogP) is 1.64. The van der Waals surface area contributed by atoms with Crippen molar-refractivity contribution in [1.82, 2.24) is 9.97 Å². The highest BCUT2D eigenvalue weighted by molar-refractivity contribution is 5.74. The van der Waals surface area contributed by atoms with Gasteiger partial charge in [-0.05, 0) is 23.8 Å². The third-order valence-electron chi connectivity index (χ3n) is 2.83. The van der Waals surface area contributed by atoms with Crippen LogP contribution in [0.15, 0.2) is 24.4 Å². The van der Waals surface area contributed by atoms with Gasteiger partial charge in [-0.1, -0.05) is 0 Å². The van der Waals surface area contributed by atoms with Crippen molar-refractivity contribution in [3.63, 3.8) is 0 Å². The predicted molar refractivity (Wildman–Crippen MR) is 61.2 cm³/mol. The zero-order chi connectivity index (χ0) is 11.1. The highest BCUT2D eigenvalue weighted by atomic mass is 16.5. The molecule has 0 unspecified atom stereocenters. The van der Waals surface area contributed by atoms with Gasteiger partial charge < -0.3 is 10.5 Å². The van der Waals surface area contributed by atoms with Crippen LogP contribution in [0.2, 0.25) is 0 Å². The fourth-order valence-electron chi connectivity index (χ4n) is 2.06. The molecular formula is C12H11N3O. The van der Waals surface area contributed by atoms with E-state index in [2.05, 4.69) is 9.97 Å². The van der Waals surface area contributed by atoms with Crippen molar-refractivity contribution in [2.45, 2.75) is 6.42 Å². The molecule has 2 N–H and O–H groups in total. The maximum Gasteiger partial charge on any atom is 0.220 e. The summed E-state index contributed by atoms with van der Waals surface area (Å²) in [6.45, 7) is 0. The minimum atomic E-state index is 0.322. The van der Waals surface area contributed by atoms with Crippen LogP contribution >= 0.6 is 0 Å². The van der Waals surface area contributed by atoms with Crippen LogP contribution in [0.3, 0.4) is 0 Å². The number of aromatic nitrogens is 2. The number of benzene rings is 1. The number of anilines is 1. The van der Waals surface area contributed by atoms with Gasteiger partial charge in [-0.15, -0.1) is 0 Å². The van der Waals surface area contributed by atoms with Crippen LogP contribution in [-0.2, 0) is 6.42 Å². The Balaban J connectivity index is 2.18. The second-order valence-corrected chi connectivity index (χ2v) is 3.80. The Morgan fingerprint density at radius 1 is 1.31 bits per heavy atom. The van der Waals surface area contributed by atoms with Crippen LogP contribution in [0.1, 0.15) is 11.1 Å². The van der Waals surface area contributed by atoms with E-state index in [1.807, 2.05) is 18.2 Å². The van der Waals surface area contributed by atoms with Gasteiger partial charge >= 0.3 is 0 Å². The maximum atomic E-state index is 5.60. The zero-order valence-electron chi connectivity index (χ0n) is 8.90. The molecule has 4 heteroatoms. The summed E-state index contributed by atoms with van der Waals surface area (Å²) in [4.78, 5) is 8.29. The molecular weight excluding hydrogens is 202 g/mol. The summed E-state index contributed by atoms with van der Waals surface area (Å²) in [5.41, 5.74) is 10.0. The van der Waals surface area contributed by atoms with Gasteiger partial charge in [0.25, 0.3) is 0 Å². The Kier molecular flexibility index (Phi) is 1.83. The first-order valence-corrected chi connectivity index (χ1v) is 5.06. The van der Waals surface area contributed by atoms with Crippen LogP contribution in [0.4, 0.5) is 5.95 Å². The third kappa shape index (κ3) is 1.23. The molecule has 2 aromatic rings. The van der Waals surface area contributed by atoms with Crippen molar-refractivity contribution in [3.05, 3.63) is 35.5 Å². The number of hydrogen-bond donors (Lipinski definition) is 1. The topological polar surface area (TPSA) is 61.0 Å². The molecule has 1 aliphatic carbocycles. The van der Waals surface area contributed by atoms with Crippen molar-refractivity contribution in [3.8, 4) is 17.0 Å². The standard InChI is InChI=1S/C12H11N3O/c1-16-9-2-3-10-7(5-9)4-8-6-14-12(13)15-11(8)10/h2-3,5-6H,4H2,1H3,(H2,13,14,15). The molecule has 3 rings (SSSR count). The quantitative estimate of drug-likeness (QED) is 0.667. The molecule has 0 spiro atoms. The van der Waals surface area contributed by atoms with E-state index in [1.165, 1.54) is 5.56 Å². The average molecular weight is 213 g/mol. The minimum absolute atomic E-state index is 0.322. The third-order valence-corrected chi connectivity index (χ3v) is 2.83. The van der Waals surface area contributed by atoms with Crippen molar-refractivity contribution in [2.75, 3.05) is 12.8 Å². The van der Waals surface area contributed by atoms with E-state index in [-0.39, 0.29) is 0 Å². The Hall–Kier alpha value is -2.10. The van der Waals surface area contributed by atoms with Gasteiger partial charge in [0.05, 0.1) is 12.8 Å². The molecule has 0 saturated carbocycles. The van der Waals surface area contributed by atoms with E-state index in [4.69, 9.17) is 10.5 Å². The fourth-order valence-corrected chi connectivity index (χ4v) is 2.06. The summed E-state index contributed by atoms with van der Waals surface area (Å²) in [5, 5.41) is 0. The second kappa shape index (κ2) is 3.20. The van der Waals surface area contributed by atoms with E-state index in [0.717, 1.165) is 29.0 Å². The summed E-state index contributed by atoms with van der Waals surface area (Å²) in [5.74, 6) is 1.19. The lowest BCUT2D eigenvalue weighted by atomic mass is 10.1. The summed E-state index contributed by atoms with van der Waals surface area (Å²) in [6.07, 6.45) is 2.65. The van der Waals surface area contributed by atoms with Crippen LogP contribution < -0.4 is 10.5 Å². The molecule has 0 atom stereocenters. The number of hydrogen-bond acceptors (Lipinski definition) is 4. The first-order valence-electron chi connectivity index (χ1n) is 5.06. The molecule has 1 aromatic carbocycles. The fraction of sp³-hybridized carbons (Fsp3) is 0.167. The highest BCUT2D eigenvalue weighted by Crippen LogP contribution is 2.36. The molecule has 0 aliphatic heterocycles. The maximum absolute atomic E-state index is 5.60. The molecule has 80 valence electrons. The number of rotatable bonds is 1. The lowest BCUT2D eigenvalue weighted by molar-refractivity contribution is 0.414. The molecule has 0 saturated heterocycles. The monoisotopic (exact) mass is 213 g/mol. The summed E-state index contributed by atoms with van der Waals surface area (Å²) < 4.78 is 5.20. The summed E-state index contributed by atoms with van der Waals surface area (Å²) >= 11 is 0. The molecule has 0 amide bonds. The highest BCUT2D eigenvalue weighted by Gasteiger charge is 2.20. The van der Waals surface area contributed by atoms with Gasteiger partial charge in [0.2, 0.25) is 5.95 Å². The van der Waals surface area contributed by atoms with E-state index in [9.17, 15) is 0 Å². The van der Waals surface area contributed by atoms with Gasteiger partial charge in [-0.3, -0.25) is 0 Å². The first-order chi connectivity index (χ1) is 7.78. The van der Waals surface area contributed by atoms with Gasteiger partial charge in [0.15, 0.2) is 0 Å². The number of methoxy groups -OCH3 is 1. The number of ether oxygens (including phenoxy) is 1. The van der Waals surface area contributed by atoms with Gasteiger partial charge in [-0.2, -0.15) is 0 Å². The van der Waals surface area contributed by atoms with Crippen molar-refractivity contribution >= 4 is 5.95 Å². The van der Waals surface area contributed by atoms with E-state index >= 15 is 0 Å². The second-order valence-electron chi connectivity index (χ2n) is 3.80. The molecule has 4 nitrogen and oxygen atoms in total. The summed E-state index contributed by atoms with van der Waals surface area (Å²) in [6, 6.07) is 5.99. The number of nitrogen functional groups attached to an aromatic ring is 1. The van der Waals surface area contributed by atoms with E-state index in [0.29, 0.717) is 5.95 Å². The zero-order valence-corrected chi connectivity index (χ0v) is 8.90. The number of nitrogens with zero attached hydrogens (tertiary/aromatic N) is 2. The number of nitrogens with two attached hydrogens (primary N) is 1. The molecule has 1 heterocycles. The molecule has 16 heavy (non-hydrogen) atoms. The Morgan fingerprint density at radius 3 is 3.00 bits per heavy atom. The lowest BCUT2D eigenvalue weighted by Crippen LogP contribution is -1.96. The summed E-state index contributed by atoms with van der Waals surface area (Å²) in [7, 11) is 1.67. The number of fused-ring (bicyclic) bond motifs is 3. The van der Waals surface area contributed by atoms with Crippen LogP contribution in [0.25, 0.3) is 11.3 Å². The molecule has 1 aliphatic rings. The minimum Gasteiger partial charge on any atom is -0.497 e. The Bertz CT molecular complexity index is 566. The van der Waals surface area contributed by atoms with Crippen molar-refractivity contribution in [2.24, 2.45) is 0 Å². The molecule has 0 bridgehead atoms. The van der Waals surface area contributed by atoms with Gasteiger partial charge in [0.1, 0.15) is 5.75 Å². The van der Waals surface area contributed by atoms with E-state index < -0.39 is 0 Å². The Morgan fingerprint density at radius 2 is 2.19 bits per heavy atom. The Labute approximate surface area is 93.1 Å². The smallest absolute Gasteiger partial charge is 0.220 e. The van der Waals surface area contributed by atoms with Crippen LogP contribution in [0, 0.1) is 0 Å². The first kappa shape index (κ1) is 9.15. The molecule has 0 fully saturated rings. The van der Waals surface area contributed by atoms with Crippen molar-refractivity contribution in [1.29, 1.82) is 0 Å². The molecule has 1 aromatic heterocycles. The van der Waals surface area contributed by atoms with Gasteiger partial charge in [-0.25, -0.2) is 9.97 Å².